The SMILES string of the molecule is CC/C=C\C/C=C\C/C=C\C/C=C\C/C=C\C/C=C\CCCCCCCCCCCCCCC(=O)NC(COC1OC(CO)C(OC2OC(CO)C(O)C(O)C2O)C(O)C1O)C(O)/C=C/CC/C=C/CC/C=C/CCCCCCCCCCCCCCCCCCCCC. The zero-order valence-corrected chi connectivity index (χ0v) is 59.2. The Morgan fingerprint density at radius 2 is 0.745 bits per heavy atom. The van der Waals surface area contributed by atoms with Crippen LogP contribution in [0.1, 0.15) is 296 Å². The van der Waals surface area contributed by atoms with E-state index in [4.69, 9.17) is 18.9 Å². The van der Waals surface area contributed by atoms with Crippen LogP contribution in [0.2, 0.25) is 0 Å². The van der Waals surface area contributed by atoms with E-state index >= 15 is 0 Å². The van der Waals surface area contributed by atoms with Crippen LogP contribution in [0.4, 0.5) is 0 Å². The number of ether oxygens (including phenoxy) is 4. The Morgan fingerprint density at radius 3 is 1.17 bits per heavy atom. The average molecular weight is 1320 g/mol. The third-order valence-electron chi connectivity index (χ3n) is 17.9. The summed E-state index contributed by atoms with van der Waals surface area (Å²) in [5, 5.41) is 87.6. The summed E-state index contributed by atoms with van der Waals surface area (Å²) < 4.78 is 22.9. The zero-order valence-electron chi connectivity index (χ0n) is 59.2. The summed E-state index contributed by atoms with van der Waals surface area (Å²) in [5.41, 5.74) is 0. The van der Waals surface area contributed by atoms with Gasteiger partial charge in [-0.15, -0.1) is 0 Å². The summed E-state index contributed by atoms with van der Waals surface area (Å²) in [4.78, 5) is 13.4. The maximum absolute atomic E-state index is 13.4. The van der Waals surface area contributed by atoms with Crippen LogP contribution in [0.3, 0.4) is 0 Å². The molecular weight excluding hydrogens is 1180 g/mol. The van der Waals surface area contributed by atoms with E-state index in [0.717, 1.165) is 89.9 Å². The monoisotopic (exact) mass is 1320 g/mol. The molecule has 9 N–H and O–H groups in total. The van der Waals surface area contributed by atoms with Crippen LogP contribution in [0.15, 0.2) is 109 Å². The number of carbonyl (C=O) groups excluding carboxylic acids is 1. The lowest BCUT2D eigenvalue weighted by Crippen LogP contribution is -2.65. The van der Waals surface area contributed by atoms with Gasteiger partial charge in [-0.1, -0.05) is 303 Å². The van der Waals surface area contributed by atoms with Crippen molar-refractivity contribution >= 4 is 5.91 Å². The molecule has 14 heteroatoms. The standard InChI is InChI=1S/C80H139NO13/c1-3-5-7-9-11-13-15-17-19-21-23-25-27-29-31-33-34-36-38-40-42-44-46-48-50-52-54-56-58-60-62-64-72(85)81-68(67-91-79-77(90)75(88)78(71(66-83)93-79)94-80-76(89)74(87)73(86)70(65-82)92-80)69(84)63-61-59-57-55-53-51-49-47-45-43-41-39-37-35-32-30-28-26-24-22-20-18-16-14-12-10-8-6-4-2/h5,7,11,13,17,19,23,25,29,31,34,36,45,47,53,55,61,63,68-71,73-80,82-84,86-90H,3-4,6,8-10,12,14-16,18,20-22,24,26-28,30,32-33,35,37-44,46,48-52,54,56-60,62,64-67H2,1-2H3,(H,81,85)/b7-5-,13-11-,19-17-,25-23-,31-29-,36-34-,47-45+,55-53+,63-61+. The molecule has 2 heterocycles. The first-order valence-corrected chi connectivity index (χ1v) is 38.1. The van der Waals surface area contributed by atoms with Crippen molar-refractivity contribution in [1.82, 2.24) is 5.32 Å². The van der Waals surface area contributed by atoms with Crippen molar-refractivity contribution in [1.29, 1.82) is 0 Å². The third-order valence-corrected chi connectivity index (χ3v) is 17.9. The predicted molar refractivity (Wildman–Crippen MR) is 387 cm³/mol. The first-order chi connectivity index (χ1) is 46.1. The van der Waals surface area contributed by atoms with E-state index in [0.29, 0.717) is 12.8 Å². The van der Waals surface area contributed by atoms with Crippen LogP contribution in [0.25, 0.3) is 0 Å². The van der Waals surface area contributed by atoms with Gasteiger partial charge in [-0.05, 0) is 96.3 Å². The van der Waals surface area contributed by atoms with Gasteiger partial charge in [0.15, 0.2) is 12.6 Å². The molecule has 0 saturated carbocycles. The van der Waals surface area contributed by atoms with Crippen molar-refractivity contribution in [2.75, 3.05) is 19.8 Å². The quantitative estimate of drug-likeness (QED) is 0.0204. The second-order valence-corrected chi connectivity index (χ2v) is 26.4. The van der Waals surface area contributed by atoms with Gasteiger partial charge in [0.1, 0.15) is 48.8 Å². The molecule has 2 rings (SSSR count). The van der Waals surface area contributed by atoms with Crippen molar-refractivity contribution in [3.8, 4) is 0 Å². The summed E-state index contributed by atoms with van der Waals surface area (Å²) in [5.74, 6) is -0.257. The molecule has 0 aromatic rings. The van der Waals surface area contributed by atoms with E-state index < -0.39 is 86.8 Å². The van der Waals surface area contributed by atoms with Gasteiger partial charge in [0.25, 0.3) is 0 Å². The number of allylic oxidation sites excluding steroid dienone is 17. The largest absolute Gasteiger partial charge is 0.394 e. The lowest BCUT2D eigenvalue weighted by atomic mass is 9.97. The fourth-order valence-electron chi connectivity index (χ4n) is 11.9. The molecular formula is C80H139NO13. The van der Waals surface area contributed by atoms with E-state index in [-0.39, 0.29) is 18.9 Å². The topological polar surface area (TPSA) is 228 Å². The lowest BCUT2D eigenvalue weighted by molar-refractivity contribution is -0.359. The highest BCUT2D eigenvalue weighted by Gasteiger charge is 2.51. The van der Waals surface area contributed by atoms with Crippen LogP contribution in [0, 0.1) is 0 Å². The molecule has 12 unspecified atom stereocenters. The second kappa shape index (κ2) is 63.1. The number of aliphatic hydroxyl groups is 8. The molecule has 0 aromatic carbocycles. The molecule has 0 aliphatic carbocycles. The second-order valence-electron chi connectivity index (χ2n) is 26.4. The molecule has 2 aliphatic rings. The van der Waals surface area contributed by atoms with E-state index in [1.54, 1.807) is 6.08 Å². The molecule has 12 atom stereocenters. The maximum Gasteiger partial charge on any atom is 0.220 e. The molecule has 0 bridgehead atoms. The third kappa shape index (κ3) is 46.0. The van der Waals surface area contributed by atoms with Gasteiger partial charge in [-0.25, -0.2) is 0 Å². The van der Waals surface area contributed by atoms with Crippen LogP contribution < -0.4 is 5.32 Å². The van der Waals surface area contributed by atoms with Crippen molar-refractivity contribution in [2.45, 2.75) is 370 Å². The number of unbranched alkanes of at least 4 members (excludes halogenated alkanes) is 33. The highest BCUT2D eigenvalue weighted by Crippen LogP contribution is 2.30. The first kappa shape index (κ1) is 86.7. The molecule has 2 saturated heterocycles. The van der Waals surface area contributed by atoms with Gasteiger partial charge >= 0.3 is 0 Å². The normalized spacial score (nSPS) is 23.1. The van der Waals surface area contributed by atoms with Crippen LogP contribution in [-0.2, 0) is 23.7 Å². The van der Waals surface area contributed by atoms with Crippen molar-refractivity contribution < 1.29 is 64.6 Å². The van der Waals surface area contributed by atoms with Crippen LogP contribution in [-0.4, -0.2) is 140 Å². The lowest BCUT2D eigenvalue weighted by Gasteiger charge is -2.46. The van der Waals surface area contributed by atoms with E-state index in [9.17, 15) is 45.6 Å². The van der Waals surface area contributed by atoms with Gasteiger partial charge in [0.2, 0.25) is 5.91 Å². The predicted octanol–water partition coefficient (Wildman–Crippen LogP) is 16.7. The van der Waals surface area contributed by atoms with E-state index in [2.05, 4.69) is 116 Å². The number of nitrogens with one attached hydrogen (secondary N) is 1. The summed E-state index contributed by atoms with van der Waals surface area (Å²) in [6, 6.07) is -0.948. The Kier molecular flexibility index (Phi) is 58.2. The van der Waals surface area contributed by atoms with Crippen molar-refractivity contribution in [3.05, 3.63) is 109 Å². The van der Waals surface area contributed by atoms with E-state index in [1.807, 2.05) is 6.08 Å². The minimum Gasteiger partial charge on any atom is -0.394 e. The Labute approximate surface area is 572 Å². The number of rotatable bonds is 62. The highest BCUT2D eigenvalue weighted by molar-refractivity contribution is 5.76. The summed E-state index contributed by atoms with van der Waals surface area (Å²) in [7, 11) is 0. The summed E-state index contributed by atoms with van der Waals surface area (Å²) in [6.07, 6.45) is 74.4. The van der Waals surface area contributed by atoms with Gasteiger partial charge in [-0.2, -0.15) is 0 Å². The molecule has 0 radical (unpaired) electrons. The molecule has 1 amide bonds. The minimum atomic E-state index is -1.80. The Hall–Kier alpha value is -3.35. The Balaban J connectivity index is 1.68. The summed E-state index contributed by atoms with van der Waals surface area (Å²) in [6.45, 7) is 2.69. The molecule has 542 valence electrons. The van der Waals surface area contributed by atoms with Gasteiger partial charge in [0.05, 0.1) is 32.0 Å². The smallest absolute Gasteiger partial charge is 0.220 e. The first-order valence-electron chi connectivity index (χ1n) is 38.1. The minimum absolute atomic E-state index is 0.257. The van der Waals surface area contributed by atoms with Crippen LogP contribution in [0.5, 0.6) is 0 Å². The van der Waals surface area contributed by atoms with Gasteiger partial charge < -0.3 is 65.1 Å². The van der Waals surface area contributed by atoms with Gasteiger partial charge in [-0.3, -0.25) is 4.79 Å². The number of hydrogen-bond acceptors (Lipinski definition) is 13. The summed E-state index contributed by atoms with van der Waals surface area (Å²) >= 11 is 0. The molecule has 94 heavy (non-hydrogen) atoms. The zero-order chi connectivity index (χ0) is 68.0. The van der Waals surface area contributed by atoms with Crippen LogP contribution >= 0.6 is 0 Å². The number of carbonyl (C=O) groups is 1. The highest BCUT2D eigenvalue weighted by atomic mass is 16.7. The molecule has 2 fully saturated rings. The average Bonchev–Trinajstić information content (AvgIpc) is 0.794. The van der Waals surface area contributed by atoms with Gasteiger partial charge in [0, 0.05) is 6.42 Å². The van der Waals surface area contributed by atoms with E-state index in [1.165, 1.54) is 173 Å². The van der Waals surface area contributed by atoms with Crippen molar-refractivity contribution in [2.24, 2.45) is 0 Å². The molecule has 0 aromatic heterocycles. The van der Waals surface area contributed by atoms with Crippen molar-refractivity contribution in [3.63, 3.8) is 0 Å². The number of amides is 1. The fourth-order valence-corrected chi connectivity index (χ4v) is 11.9. The number of aliphatic hydroxyl groups excluding tert-OH is 8. The molecule has 0 spiro atoms. The molecule has 2 aliphatic heterocycles. The molecule has 14 nitrogen and oxygen atoms in total. The number of hydrogen-bond donors (Lipinski definition) is 9. The fraction of sp³-hybridized carbons (Fsp3) is 0.762. The Morgan fingerprint density at radius 1 is 0.394 bits per heavy atom. The maximum atomic E-state index is 13.4. The Bertz CT molecular complexity index is 2000.